The van der Waals surface area contributed by atoms with Crippen molar-refractivity contribution in [2.75, 3.05) is 33.2 Å². The van der Waals surface area contributed by atoms with E-state index in [0.717, 1.165) is 26.1 Å². The van der Waals surface area contributed by atoms with Crippen LogP contribution in [0.15, 0.2) is 0 Å². The Morgan fingerprint density at radius 1 is 1.47 bits per heavy atom. The fourth-order valence-electron chi connectivity index (χ4n) is 2.38. The third kappa shape index (κ3) is 5.04. The van der Waals surface area contributed by atoms with Gasteiger partial charge in [-0.3, -0.25) is 9.69 Å². The molecule has 1 rings (SSSR count). The maximum absolute atomic E-state index is 11.7. The lowest BCUT2D eigenvalue weighted by Crippen LogP contribution is -2.50. The lowest BCUT2D eigenvalue weighted by atomic mass is 9.94. The second-order valence-electron chi connectivity index (χ2n) is 5.59. The van der Waals surface area contributed by atoms with Gasteiger partial charge in [-0.05, 0) is 25.3 Å². The summed E-state index contributed by atoms with van der Waals surface area (Å²) in [6.07, 6.45) is 1.13. The van der Waals surface area contributed by atoms with Crippen molar-refractivity contribution in [1.29, 1.82) is 0 Å². The van der Waals surface area contributed by atoms with E-state index in [1.54, 1.807) is 0 Å². The van der Waals surface area contributed by atoms with Gasteiger partial charge >= 0.3 is 0 Å². The minimum Gasteiger partial charge on any atom is -0.355 e. The molecule has 1 heterocycles. The molecular formula is C13H27N3O. The number of nitrogens with zero attached hydrogens (tertiary/aromatic N) is 1. The van der Waals surface area contributed by atoms with Gasteiger partial charge in [-0.25, -0.2) is 0 Å². The molecule has 0 spiro atoms. The van der Waals surface area contributed by atoms with Gasteiger partial charge in [0.25, 0.3) is 0 Å². The second-order valence-corrected chi connectivity index (χ2v) is 5.59. The van der Waals surface area contributed by atoms with Crippen LogP contribution < -0.4 is 10.6 Å². The molecule has 1 fully saturated rings. The highest BCUT2D eigenvalue weighted by Gasteiger charge is 2.25. The van der Waals surface area contributed by atoms with E-state index in [4.69, 9.17) is 0 Å². The number of likely N-dealkylation sites (tertiary alicyclic amines) is 1. The highest BCUT2D eigenvalue weighted by Crippen LogP contribution is 2.15. The third-order valence-corrected chi connectivity index (χ3v) is 3.43. The standard InChI is InChI=1S/C13H27N3O/c1-10(2)7-15-13(17)9-16-6-5-12(14-4)11(3)8-16/h10-12,14H,5-9H2,1-4H3,(H,15,17). The Balaban J connectivity index is 2.26. The van der Waals surface area contributed by atoms with E-state index >= 15 is 0 Å². The molecule has 0 aromatic carbocycles. The molecule has 2 N–H and O–H groups in total. The molecule has 0 radical (unpaired) electrons. The summed E-state index contributed by atoms with van der Waals surface area (Å²) in [4.78, 5) is 14.0. The van der Waals surface area contributed by atoms with Crippen molar-refractivity contribution in [2.45, 2.75) is 33.2 Å². The summed E-state index contributed by atoms with van der Waals surface area (Å²) in [7, 11) is 2.02. The molecule has 0 aromatic heterocycles. The summed E-state index contributed by atoms with van der Waals surface area (Å²) >= 11 is 0. The minimum absolute atomic E-state index is 0.161. The van der Waals surface area contributed by atoms with E-state index < -0.39 is 0 Å². The van der Waals surface area contributed by atoms with Gasteiger partial charge in [0, 0.05) is 25.7 Å². The predicted octanol–water partition coefficient (Wildman–Crippen LogP) is 0.688. The molecule has 1 saturated heterocycles. The number of rotatable bonds is 5. The van der Waals surface area contributed by atoms with Crippen molar-refractivity contribution in [1.82, 2.24) is 15.5 Å². The van der Waals surface area contributed by atoms with Crippen LogP contribution >= 0.6 is 0 Å². The van der Waals surface area contributed by atoms with E-state index in [1.165, 1.54) is 0 Å². The van der Waals surface area contributed by atoms with Crippen molar-refractivity contribution in [3.8, 4) is 0 Å². The average Bonchev–Trinajstić information content (AvgIpc) is 2.26. The van der Waals surface area contributed by atoms with Gasteiger partial charge in [-0.1, -0.05) is 20.8 Å². The van der Waals surface area contributed by atoms with Crippen molar-refractivity contribution in [2.24, 2.45) is 11.8 Å². The van der Waals surface area contributed by atoms with Crippen LogP contribution in [0.3, 0.4) is 0 Å². The van der Waals surface area contributed by atoms with Crippen molar-refractivity contribution in [3.05, 3.63) is 0 Å². The lowest BCUT2D eigenvalue weighted by molar-refractivity contribution is -0.122. The van der Waals surface area contributed by atoms with Gasteiger partial charge in [-0.2, -0.15) is 0 Å². The quantitative estimate of drug-likeness (QED) is 0.744. The van der Waals surface area contributed by atoms with Gasteiger partial charge < -0.3 is 10.6 Å². The van der Waals surface area contributed by atoms with Gasteiger partial charge in [-0.15, -0.1) is 0 Å². The largest absolute Gasteiger partial charge is 0.355 e. The monoisotopic (exact) mass is 241 g/mol. The molecule has 0 aliphatic carbocycles. The van der Waals surface area contributed by atoms with Gasteiger partial charge in [0.15, 0.2) is 0 Å². The van der Waals surface area contributed by atoms with E-state index in [9.17, 15) is 4.79 Å². The fraction of sp³-hybridized carbons (Fsp3) is 0.923. The molecule has 0 aromatic rings. The Kier molecular flexibility index (Phi) is 5.92. The highest BCUT2D eigenvalue weighted by atomic mass is 16.2. The highest BCUT2D eigenvalue weighted by molar-refractivity contribution is 5.78. The topological polar surface area (TPSA) is 44.4 Å². The number of piperidine rings is 1. The molecule has 1 aliphatic heterocycles. The fourth-order valence-corrected chi connectivity index (χ4v) is 2.38. The maximum Gasteiger partial charge on any atom is 0.234 e. The molecule has 1 aliphatic rings. The Bertz CT molecular complexity index is 243. The summed E-state index contributed by atoms with van der Waals surface area (Å²) in [6, 6.07) is 0.602. The first-order chi connectivity index (χ1) is 8.02. The maximum atomic E-state index is 11.7. The average molecular weight is 241 g/mol. The summed E-state index contributed by atoms with van der Waals surface area (Å²) in [5.41, 5.74) is 0. The molecule has 100 valence electrons. The number of amides is 1. The minimum atomic E-state index is 0.161. The lowest BCUT2D eigenvalue weighted by Gasteiger charge is -2.36. The Labute approximate surface area is 105 Å². The Hall–Kier alpha value is -0.610. The number of hydrogen-bond donors (Lipinski definition) is 2. The summed E-state index contributed by atoms with van der Waals surface area (Å²) in [5.74, 6) is 1.30. The molecular weight excluding hydrogens is 214 g/mol. The van der Waals surface area contributed by atoms with E-state index in [0.29, 0.717) is 24.4 Å². The zero-order valence-corrected chi connectivity index (χ0v) is 11.6. The van der Waals surface area contributed by atoms with Gasteiger partial charge in [0.05, 0.1) is 6.54 Å². The molecule has 0 bridgehead atoms. The van der Waals surface area contributed by atoms with Crippen LogP contribution in [0.2, 0.25) is 0 Å². The number of nitrogens with one attached hydrogen (secondary N) is 2. The van der Waals surface area contributed by atoms with Crippen molar-refractivity contribution in [3.63, 3.8) is 0 Å². The molecule has 4 nitrogen and oxygen atoms in total. The first-order valence-corrected chi connectivity index (χ1v) is 6.69. The van der Waals surface area contributed by atoms with Crippen LogP contribution in [0.5, 0.6) is 0 Å². The van der Waals surface area contributed by atoms with Crippen LogP contribution in [-0.2, 0) is 4.79 Å². The zero-order chi connectivity index (χ0) is 12.8. The predicted molar refractivity (Wildman–Crippen MR) is 70.9 cm³/mol. The van der Waals surface area contributed by atoms with Crippen LogP contribution in [0, 0.1) is 11.8 Å². The molecule has 2 unspecified atom stereocenters. The first kappa shape index (κ1) is 14.5. The number of hydrogen-bond acceptors (Lipinski definition) is 3. The van der Waals surface area contributed by atoms with Crippen molar-refractivity contribution < 1.29 is 4.79 Å². The van der Waals surface area contributed by atoms with Gasteiger partial charge in [0.2, 0.25) is 5.91 Å². The summed E-state index contributed by atoms with van der Waals surface area (Å²) < 4.78 is 0. The normalized spacial score (nSPS) is 26.2. The van der Waals surface area contributed by atoms with Crippen LogP contribution in [0.4, 0.5) is 0 Å². The number of carbonyl (C=O) groups excluding carboxylic acids is 1. The molecule has 0 saturated carbocycles. The Morgan fingerprint density at radius 3 is 2.71 bits per heavy atom. The van der Waals surface area contributed by atoms with Crippen molar-refractivity contribution >= 4 is 5.91 Å². The molecule has 4 heteroatoms. The van der Waals surface area contributed by atoms with Crippen LogP contribution in [-0.4, -0.2) is 50.1 Å². The van der Waals surface area contributed by atoms with Gasteiger partial charge in [0.1, 0.15) is 0 Å². The summed E-state index contributed by atoms with van der Waals surface area (Å²) in [5, 5.41) is 6.31. The second kappa shape index (κ2) is 6.97. The molecule has 1 amide bonds. The van der Waals surface area contributed by atoms with Crippen LogP contribution in [0.25, 0.3) is 0 Å². The Morgan fingerprint density at radius 2 is 2.18 bits per heavy atom. The van der Waals surface area contributed by atoms with E-state index in [2.05, 4.69) is 36.3 Å². The molecule has 2 atom stereocenters. The summed E-state index contributed by atoms with van der Waals surface area (Å²) in [6.45, 7) is 9.83. The molecule has 17 heavy (non-hydrogen) atoms. The first-order valence-electron chi connectivity index (χ1n) is 6.69. The van der Waals surface area contributed by atoms with E-state index in [1.807, 2.05) is 7.05 Å². The third-order valence-electron chi connectivity index (χ3n) is 3.43. The number of carbonyl (C=O) groups is 1. The zero-order valence-electron chi connectivity index (χ0n) is 11.6. The SMILES string of the molecule is CNC1CCN(CC(=O)NCC(C)C)CC1C. The smallest absolute Gasteiger partial charge is 0.234 e. The van der Waals surface area contributed by atoms with E-state index in [-0.39, 0.29) is 5.91 Å². The van der Waals surface area contributed by atoms with Crippen LogP contribution in [0.1, 0.15) is 27.2 Å².